The van der Waals surface area contributed by atoms with Crippen LogP contribution in [0, 0.1) is 5.92 Å². The van der Waals surface area contributed by atoms with Crippen molar-refractivity contribution in [3.05, 3.63) is 11.6 Å². The maximum atomic E-state index is 11.8. The number of nitrogens with one attached hydrogen (secondary N) is 3. The van der Waals surface area contributed by atoms with Crippen LogP contribution < -0.4 is 16.1 Å². The van der Waals surface area contributed by atoms with E-state index in [2.05, 4.69) is 10.6 Å². The summed E-state index contributed by atoms with van der Waals surface area (Å²) in [5, 5.41) is 13.3. The van der Waals surface area contributed by atoms with E-state index in [0.717, 1.165) is 0 Å². The van der Waals surface area contributed by atoms with Gasteiger partial charge in [-0.1, -0.05) is 19.9 Å². The minimum atomic E-state index is -0.676. The average Bonchev–Trinajstić information content (AvgIpc) is 2.39. The number of hydrogen-bond donors (Lipinski definition) is 4. The highest BCUT2D eigenvalue weighted by molar-refractivity contribution is 5.99. The predicted octanol–water partition coefficient (Wildman–Crippen LogP) is -0.283. The standard InChI is InChI=1S/C12H21N3O4/c1-8(2)4-5-9(6-10(16)15-19)12(18)14-7-11(17)13-3/h5,8,19H,4,6-7H2,1-3H3,(H,13,17)(H,14,18)(H,15,16). The van der Waals surface area contributed by atoms with E-state index >= 15 is 0 Å². The molecule has 0 radical (unpaired) electrons. The van der Waals surface area contributed by atoms with E-state index < -0.39 is 11.8 Å². The maximum Gasteiger partial charge on any atom is 0.247 e. The van der Waals surface area contributed by atoms with Crippen molar-refractivity contribution in [2.75, 3.05) is 13.6 Å². The monoisotopic (exact) mass is 271 g/mol. The Kier molecular flexibility index (Phi) is 8.19. The molecule has 0 saturated heterocycles. The van der Waals surface area contributed by atoms with Crippen molar-refractivity contribution < 1.29 is 19.6 Å². The molecule has 0 aromatic carbocycles. The van der Waals surface area contributed by atoms with Crippen LogP contribution in [0.4, 0.5) is 0 Å². The number of likely N-dealkylation sites (N-methyl/N-ethyl adjacent to an activating group) is 1. The highest BCUT2D eigenvalue weighted by Gasteiger charge is 2.14. The Hall–Kier alpha value is -1.89. The summed E-state index contributed by atoms with van der Waals surface area (Å²) in [6.07, 6.45) is 2.03. The van der Waals surface area contributed by atoms with Gasteiger partial charge < -0.3 is 10.6 Å². The number of hydrogen-bond acceptors (Lipinski definition) is 4. The summed E-state index contributed by atoms with van der Waals surface area (Å²) in [5.41, 5.74) is 1.70. The lowest BCUT2D eigenvalue weighted by atomic mass is 10.0. The number of rotatable bonds is 7. The van der Waals surface area contributed by atoms with E-state index in [1.54, 1.807) is 6.08 Å². The molecule has 0 fully saturated rings. The van der Waals surface area contributed by atoms with Crippen LogP contribution in [0.5, 0.6) is 0 Å². The largest absolute Gasteiger partial charge is 0.358 e. The zero-order valence-corrected chi connectivity index (χ0v) is 11.4. The first-order valence-corrected chi connectivity index (χ1v) is 6.01. The number of carbonyl (C=O) groups excluding carboxylic acids is 3. The Balaban J connectivity index is 4.62. The fourth-order valence-corrected chi connectivity index (χ4v) is 1.20. The Labute approximate surface area is 112 Å². The number of carbonyl (C=O) groups is 3. The van der Waals surface area contributed by atoms with Crippen molar-refractivity contribution in [1.29, 1.82) is 0 Å². The van der Waals surface area contributed by atoms with Gasteiger partial charge in [0.1, 0.15) is 0 Å². The van der Waals surface area contributed by atoms with Crippen LogP contribution in [-0.4, -0.2) is 36.5 Å². The van der Waals surface area contributed by atoms with Crippen LogP contribution in [-0.2, 0) is 14.4 Å². The first kappa shape index (κ1) is 17.1. The molecule has 0 aliphatic heterocycles. The maximum absolute atomic E-state index is 11.8. The molecule has 7 nitrogen and oxygen atoms in total. The topological polar surface area (TPSA) is 108 Å². The summed E-state index contributed by atoms with van der Waals surface area (Å²) in [4.78, 5) is 33.9. The summed E-state index contributed by atoms with van der Waals surface area (Å²) in [6, 6.07) is 0. The Morgan fingerprint density at radius 1 is 1.21 bits per heavy atom. The lowest BCUT2D eigenvalue weighted by molar-refractivity contribution is -0.129. The third-order valence-electron chi connectivity index (χ3n) is 2.29. The van der Waals surface area contributed by atoms with Crippen molar-refractivity contribution in [3.63, 3.8) is 0 Å². The first-order chi connectivity index (χ1) is 8.90. The first-order valence-electron chi connectivity index (χ1n) is 6.01. The third kappa shape index (κ3) is 7.93. The summed E-state index contributed by atoms with van der Waals surface area (Å²) in [7, 11) is 1.46. The van der Waals surface area contributed by atoms with Gasteiger partial charge in [-0.15, -0.1) is 0 Å². The quantitative estimate of drug-likeness (QED) is 0.290. The van der Waals surface area contributed by atoms with Crippen LogP contribution in [0.3, 0.4) is 0 Å². The molecule has 0 saturated carbocycles. The van der Waals surface area contributed by atoms with Gasteiger partial charge in [0.15, 0.2) is 0 Å². The summed E-state index contributed by atoms with van der Waals surface area (Å²) < 4.78 is 0. The van der Waals surface area contributed by atoms with Gasteiger partial charge in [0.25, 0.3) is 0 Å². The summed E-state index contributed by atoms with van der Waals surface area (Å²) in [5.74, 6) is -1.17. The van der Waals surface area contributed by atoms with E-state index in [-0.39, 0.29) is 24.4 Å². The molecular formula is C12H21N3O4. The molecule has 0 bridgehead atoms. The molecule has 19 heavy (non-hydrogen) atoms. The van der Waals surface area contributed by atoms with E-state index in [9.17, 15) is 14.4 Å². The smallest absolute Gasteiger partial charge is 0.247 e. The van der Waals surface area contributed by atoms with Gasteiger partial charge in [-0.3, -0.25) is 19.6 Å². The Bertz CT molecular complexity index is 364. The zero-order chi connectivity index (χ0) is 14.8. The van der Waals surface area contributed by atoms with Gasteiger partial charge in [-0.05, 0) is 12.3 Å². The third-order valence-corrected chi connectivity index (χ3v) is 2.29. The van der Waals surface area contributed by atoms with Crippen molar-refractivity contribution >= 4 is 17.7 Å². The number of hydroxylamine groups is 1. The second-order valence-corrected chi connectivity index (χ2v) is 4.43. The minimum Gasteiger partial charge on any atom is -0.358 e. The molecule has 0 spiro atoms. The highest BCUT2D eigenvalue weighted by atomic mass is 16.5. The summed E-state index contributed by atoms with van der Waals surface area (Å²) in [6.45, 7) is 3.79. The lowest BCUT2D eigenvalue weighted by Gasteiger charge is -2.09. The van der Waals surface area contributed by atoms with Gasteiger partial charge in [0.05, 0.1) is 13.0 Å². The number of allylic oxidation sites excluding steroid dienone is 1. The molecule has 0 heterocycles. The van der Waals surface area contributed by atoms with Gasteiger partial charge in [0.2, 0.25) is 17.7 Å². The molecule has 108 valence electrons. The molecule has 0 aliphatic carbocycles. The van der Waals surface area contributed by atoms with Crippen LogP contribution in [0.1, 0.15) is 26.7 Å². The predicted molar refractivity (Wildman–Crippen MR) is 69.2 cm³/mol. The van der Waals surface area contributed by atoms with Crippen molar-refractivity contribution in [2.24, 2.45) is 5.92 Å². The van der Waals surface area contributed by atoms with Gasteiger partial charge in [-0.25, -0.2) is 5.48 Å². The van der Waals surface area contributed by atoms with Crippen molar-refractivity contribution in [1.82, 2.24) is 16.1 Å². The summed E-state index contributed by atoms with van der Waals surface area (Å²) >= 11 is 0. The normalized spacial score (nSPS) is 11.1. The molecular weight excluding hydrogens is 250 g/mol. The molecule has 0 rings (SSSR count). The van der Waals surface area contributed by atoms with Gasteiger partial charge >= 0.3 is 0 Å². The molecule has 0 unspecified atom stereocenters. The SMILES string of the molecule is CNC(=O)CNC(=O)C(=CCC(C)C)CC(=O)NO. The highest BCUT2D eigenvalue weighted by Crippen LogP contribution is 2.08. The van der Waals surface area contributed by atoms with Crippen LogP contribution in [0.25, 0.3) is 0 Å². The average molecular weight is 271 g/mol. The molecule has 0 aliphatic rings. The fourth-order valence-electron chi connectivity index (χ4n) is 1.20. The van der Waals surface area contributed by atoms with Crippen LogP contribution in [0.15, 0.2) is 11.6 Å². The second kappa shape index (κ2) is 9.09. The van der Waals surface area contributed by atoms with Crippen LogP contribution in [0.2, 0.25) is 0 Å². The minimum absolute atomic E-state index is 0.158. The van der Waals surface area contributed by atoms with E-state index in [1.807, 2.05) is 13.8 Å². The second-order valence-electron chi connectivity index (χ2n) is 4.43. The zero-order valence-electron chi connectivity index (χ0n) is 11.4. The lowest BCUT2D eigenvalue weighted by Crippen LogP contribution is -2.36. The fraction of sp³-hybridized carbons (Fsp3) is 0.583. The van der Waals surface area contributed by atoms with Gasteiger partial charge in [0, 0.05) is 12.6 Å². The van der Waals surface area contributed by atoms with Crippen molar-refractivity contribution in [2.45, 2.75) is 26.7 Å². The molecule has 0 aromatic heterocycles. The molecule has 0 aromatic rings. The molecule has 0 atom stereocenters. The van der Waals surface area contributed by atoms with E-state index in [4.69, 9.17) is 5.21 Å². The van der Waals surface area contributed by atoms with E-state index in [1.165, 1.54) is 12.5 Å². The molecule has 4 N–H and O–H groups in total. The molecule has 3 amide bonds. The van der Waals surface area contributed by atoms with Crippen molar-refractivity contribution in [3.8, 4) is 0 Å². The molecule has 7 heteroatoms. The Morgan fingerprint density at radius 2 is 1.84 bits per heavy atom. The van der Waals surface area contributed by atoms with Gasteiger partial charge in [-0.2, -0.15) is 0 Å². The van der Waals surface area contributed by atoms with Crippen LogP contribution >= 0.6 is 0 Å². The number of amides is 3. The van der Waals surface area contributed by atoms with E-state index in [0.29, 0.717) is 12.3 Å². The Morgan fingerprint density at radius 3 is 2.32 bits per heavy atom.